The highest BCUT2D eigenvalue weighted by Gasteiger charge is 2.45. The van der Waals surface area contributed by atoms with Crippen LogP contribution in [0.2, 0.25) is 0 Å². The number of hydrogen-bond acceptors (Lipinski definition) is 2. The van der Waals surface area contributed by atoms with E-state index in [1.54, 1.807) is 0 Å². The monoisotopic (exact) mass is 177 g/mol. The van der Waals surface area contributed by atoms with Crippen LogP contribution >= 0.6 is 0 Å². The van der Waals surface area contributed by atoms with E-state index in [9.17, 15) is 5.11 Å². The second-order valence-electron chi connectivity index (χ2n) is 3.67. The van der Waals surface area contributed by atoms with E-state index in [2.05, 4.69) is 5.32 Å². The third-order valence-electron chi connectivity index (χ3n) is 3.01. The van der Waals surface area contributed by atoms with Crippen molar-refractivity contribution in [3.05, 3.63) is 35.9 Å². The molecule has 1 aliphatic carbocycles. The first-order chi connectivity index (χ1) is 6.27. The van der Waals surface area contributed by atoms with Gasteiger partial charge in [-0.3, -0.25) is 0 Å². The molecule has 2 nitrogen and oxygen atoms in total. The largest absolute Gasteiger partial charge is 0.384 e. The highest BCUT2D eigenvalue weighted by Crippen LogP contribution is 2.40. The van der Waals surface area contributed by atoms with Gasteiger partial charge in [0.05, 0.1) is 0 Å². The maximum absolute atomic E-state index is 10.3. The summed E-state index contributed by atoms with van der Waals surface area (Å²) in [5.41, 5.74) is 0.399. The maximum atomic E-state index is 10.3. The zero-order valence-corrected chi connectivity index (χ0v) is 7.83. The molecule has 1 aliphatic rings. The molecule has 2 heteroatoms. The lowest BCUT2D eigenvalue weighted by atomic mass is 9.70. The van der Waals surface area contributed by atoms with Gasteiger partial charge in [-0.2, -0.15) is 0 Å². The second kappa shape index (κ2) is 3.13. The van der Waals surface area contributed by atoms with Gasteiger partial charge in [-0.25, -0.2) is 0 Å². The Morgan fingerprint density at radius 2 is 2.08 bits per heavy atom. The van der Waals surface area contributed by atoms with Gasteiger partial charge < -0.3 is 10.4 Å². The molecule has 2 atom stereocenters. The molecule has 0 spiro atoms. The normalized spacial score (nSPS) is 32.6. The molecular weight excluding hydrogens is 162 g/mol. The molecule has 0 unspecified atom stereocenters. The average molecular weight is 177 g/mol. The molecule has 1 saturated carbocycles. The van der Waals surface area contributed by atoms with Crippen LogP contribution in [0.3, 0.4) is 0 Å². The van der Waals surface area contributed by atoms with E-state index in [1.807, 2.05) is 37.4 Å². The third kappa shape index (κ3) is 1.26. The molecule has 0 radical (unpaired) electrons. The molecule has 1 fully saturated rings. The van der Waals surface area contributed by atoms with Gasteiger partial charge in [0, 0.05) is 6.04 Å². The van der Waals surface area contributed by atoms with E-state index in [1.165, 1.54) is 0 Å². The van der Waals surface area contributed by atoms with Crippen LogP contribution in [-0.4, -0.2) is 18.2 Å². The minimum atomic E-state index is -0.629. The molecule has 70 valence electrons. The quantitative estimate of drug-likeness (QED) is 0.712. The van der Waals surface area contributed by atoms with Crippen molar-refractivity contribution in [3.8, 4) is 0 Å². The van der Waals surface area contributed by atoms with E-state index in [-0.39, 0.29) is 6.04 Å². The fourth-order valence-electron chi connectivity index (χ4n) is 2.02. The van der Waals surface area contributed by atoms with Crippen LogP contribution in [0.4, 0.5) is 0 Å². The van der Waals surface area contributed by atoms with Crippen molar-refractivity contribution >= 4 is 0 Å². The standard InChI is InChI=1S/C11H15NO/c1-12-10-7-8-11(10,13)9-5-3-2-4-6-9/h2-6,10,12-13H,7-8H2,1H3/t10-,11+/m0/s1. The number of likely N-dealkylation sites (N-methyl/N-ethyl adjacent to an activating group) is 1. The molecular formula is C11H15NO. The van der Waals surface area contributed by atoms with Crippen molar-refractivity contribution in [3.63, 3.8) is 0 Å². The first-order valence-electron chi connectivity index (χ1n) is 4.72. The SMILES string of the molecule is CN[C@H]1CC[C@@]1(O)c1ccccc1. The van der Waals surface area contributed by atoms with Crippen LogP contribution in [0, 0.1) is 0 Å². The van der Waals surface area contributed by atoms with Crippen molar-refractivity contribution in [2.24, 2.45) is 0 Å². The summed E-state index contributed by atoms with van der Waals surface area (Å²) < 4.78 is 0. The number of nitrogens with one attached hydrogen (secondary N) is 1. The van der Waals surface area contributed by atoms with E-state index < -0.39 is 5.60 Å². The van der Waals surface area contributed by atoms with E-state index in [4.69, 9.17) is 0 Å². The number of aliphatic hydroxyl groups is 1. The van der Waals surface area contributed by atoms with Crippen LogP contribution in [0.25, 0.3) is 0 Å². The molecule has 1 aromatic carbocycles. The number of hydrogen-bond donors (Lipinski definition) is 2. The Morgan fingerprint density at radius 1 is 1.38 bits per heavy atom. The molecule has 2 rings (SSSR count). The first-order valence-corrected chi connectivity index (χ1v) is 4.72. The van der Waals surface area contributed by atoms with Crippen molar-refractivity contribution in [2.45, 2.75) is 24.5 Å². The summed E-state index contributed by atoms with van der Waals surface area (Å²) in [7, 11) is 1.90. The number of rotatable bonds is 2. The summed E-state index contributed by atoms with van der Waals surface area (Å²) in [6.45, 7) is 0. The highest BCUT2D eigenvalue weighted by molar-refractivity contribution is 5.27. The molecule has 1 aromatic rings. The predicted octanol–water partition coefficient (Wildman–Crippen LogP) is 1.26. The Hall–Kier alpha value is -0.860. The Morgan fingerprint density at radius 3 is 2.54 bits per heavy atom. The lowest BCUT2D eigenvalue weighted by Gasteiger charge is -2.45. The van der Waals surface area contributed by atoms with E-state index in [0.717, 1.165) is 18.4 Å². The molecule has 0 saturated heterocycles. The zero-order chi connectivity index (χ0) is 9.31. The van der Waals surface area contributed by atoms with Crippen LogP contribution < -0.4 is 5.32 Å². The molecule has 13 heavy (non-hydrogen) atoms. The first kappa shape index (κ1) is 8.73. The van der Waals surface area contributed by atoms with Crippen LogP contribution in [0.5, 0.6) is 0 Å². The Kier molecular flexibility index (Phi) is 2.10. The number of benzene rings is 1. The van der Waals surface area contributed by atoms with Gasteiger partial charge in [-0.05, 0) is 25.5 Å². The minimum absolute atomic E-state index is 0.217. The molecule has 0 bridgehead atoms. The Labute approximate surface area is 78.6 Å². The smallest absolute Gasteiger partial charge is 0.105 e. The van der Waals surface area contributed by atoms with Crippen molar-refractivity contribution in [1.29, 1.82) is 0 Å². The summed E-state index contributed by atoms with van der Waals surface area (Å²) in [6.07, 6.45) is 1.92. The lowest BCUT2D eigenvalue weighted by Crippen LogP contribution is -2.55. The topological polar surface area (TPSA) is 32.3 Å². The summed E-state index contributed by atoms with van der Waals surface area (Å²) in [4.78, 5) is 0. The van der Waals surface area contributed by atoms with Crippen molar-refractivity contribution < 1.29 is 5.11 Å². The molecule has 0 amide bonds. The van der Waals surface area contributed by atoms with Gasteiger partial charge in [0.15, 0.2) is 0 Å². The van der Waals surface area contributed by atoms with Gasteiger partial charge >= 0.3 is 0 Å². The summed E-state index contributed by atoms with van der Waals surface area (Å²) >= 11 is 0. The van der Waals surface area contributed by atoms with Gasteiger partial charge in [0.1, 0.15) is 5.60 Å². The van der Waals surface area contributed by atoms with Crippen LogP contribution in [0.15, 0.2) is 30.3 Å². The fraction of sp³-hybridized carbons (Fsp3) is 0.455. The van der Waals surface area contributed by atoms with Gasteiger partial charge in [-0.15, -0.1) is 0 Å². The van der Waals surface area contributed by atoms with Crippen LogP contribution in [0.1, 0.15) is 18.4 Å². The third-order valence-corrected chi connectivity index (χ3v) is 3.01. The fourth-order valence-corrected chi connectivity index (χ4v) is 2.02. The Balaban J connectivity index is 2.26. The maximum Gasteiger partial charge on any atom is 0.105 e. The average Bonchev–Trinajstić information content (AvgIpc) is 2.17. The summed E-state index contributed by atoms with van der Waals surface area (Å²) in [5.74, 6) is 0. The molecule has 0 aromatic heterocycles. The van der Waals surface area contributed by atoms with Crippen molar-refractivity contribution in [2.75, 3.05) is 7.05 Å². The molecule has 2 N–H and O–H groups in total. The predicted molar refractivity (Wildman–Crippen MR) is 52.4 cm³/mol. The lowest BCUT2D eigenvalue weighted by molar-refractivity contribution is -0.0722. The Bertz CT molecular complexity index is 283. The van der Waals surface area contributed by atoms with Gasteiger partial charge in [-0.1, -0.05) is 30.3 Å². The minimum Gasteiger partial charge on any atom is -0.384 e. The van der Waals surface area contributed by atoms with Gasteiger partial charge in [0.2, 0.25) is 0 Å². The van der Waals surface area contributed by atoms with Gasteiger partial charge in [0.25, 0.3) is 0 Å². The van der Waals surface area contributed by atoms with Crippen molar-refractivity contribution in [1.82, 2.24) is 5.32 Å². The van der Waals surface area contributed by atoms with E-state index in [0.29, 0.717) is 0 Å². The zero-order valence-electron chi connectivity index (χ0n) is 7.83. The van der Waals surface area contributed by atoms with Crippen LogP contribution in [-0.2, 0) is 5.60 Å². The van der Waals surface area contributed by atoms with E-state index >= 15 is 0 Å². The summed E-state index contributed by atoms with van der Waals surface area (Å²) in [6, 6.07) is 10.1. The highest BCUT2D eigenvalue weighted by atomic mass is 16.3. The second-order valence-corrected chi connectivity index (χ2v) is 3.67. The summed E-state index contributed by atoms with van der Waals surface area (Å²) in [5, 5.41) is 13.4. The molecule has 0 heterocycles. The molecule has 0 aliphatic heterocycles.